The van der Waals surface area contributed by atoms with Gasteiger partial charge in [0.2, 0.25) is 10.0 Å². The fraction of sp³-hybridized carbons (Fsp3) is 0.462. The second-order valence-corrected chi connectivity index (χ2v) is 6.50. The van der Waals surface area contributed by atoms with Crippen molar-refractivity contribution < 1.29 is 12.8 Å². The molecule has 0 aromatic heterocycles. The molecule has 5 nitrogen and oxygen atoms in total. The standard InChI is InChI=1S/C13H16FN3O2S/c14-13-4-3-12(8-10(13)9-15)20(18,19)17-7-5-11-2-1-6-16-11/h3-4,8,11,16-17H,1-2,5-7H2/t11-/m0/s1. The predicted octanol–water partition coefficient (Wildman–Crippen LogP) is 1.12. The summed E-state index contributed by atoms with van der Waals surface area (Å²) in [5.41, 5.74) is -0.273. The van der Waals surface area contributed by atoms with Crippen molar-refractivity contribution in [1.82, 2.24) is 10.0 Å². The SMILES string of the molecule is N#Cc1cc(S(=O)(=O)NCC[C@@H]2CCCN2)ccc1F. The lowest BCUT2D eigenvalue weighted by Crippen LogP contribution is -2.30. The molecule has 1 aliphatic rings. The summed E-state index contributed by atoms with van der Waals surface area (Å²) >= 11 is 0. The van der Waals surface area contributed by atoms with Crippen molar-refractivity contribution in [3.8, 4) is 6.07 Å². The highest BCUT2D eigenvalue weighted by Crippen LogP contribution is 2.15. The first-order valence-corrected chi connectivity index (χ1v) is 7.94. The summed E-state index contributed by atoms with van der Waals surface area (Å²) < 4.78 is 39.7. The zero-order valence-electron chi connectivity index (χ0n) is 10.9. The third-order valence-electron chi connectivity index (χ3n) is 3.32. The summed E-state index contributed by atoms with van der Waals surface area (Å²) in [6.45, 7) is 1.29. The van der Waals surface area contributed by atoms with Gasteiger partial charge in [0.05, 0.1) is 10.5 Å². The summed E-state index contributed by atoms with van der Waals surface area (Å²) in [5.74, 6) is -0.721. The molecular formula is C13H16FN3O2S. The van der Waals surface area contributed by atoms with Crippen molar-refractivity contribution in [3.63, 3.8) is 0 Å². The highest BCUT2D eigenvalue weighted by Gasteiger charge is 2.18. The molecule has 0 bridgehead atoms. The maximum atomic E-state index is 13.2. The lowest BCUT2D eigenvalue weighted by atomic mass is 10.2. The van der Waals surface area contributed by atoms with Crippen LogP contribution in [0.25, 0.3) is 0 Å². The minimum Gasteiger partial charge on any atom is -0.314 e. The van der Waals surface area contributed by atoms with Gasteiger partial charge in [-0.1, -0.05) is 0 Å². The number of benzene rings is 1. The number of nitrogens with one attached hydrogen (secondary N) is 2. The number of nitrogens with zero attached hydrogens (tertiary/aromatic N) is 1. The third-order valence-corrected chi connectivity index (χ3v) is 4.77. The van der Waals surface area contributed by atoms with Gasteiger partial charge in [0, 0.05) is 12.6 Å². The van der Waals surface area contributed by atoms with Gasteiger partial charge in [-0.3, -0.25) is 0 Å². The minimum atomic E-state index is -3.70. The van der Waals surface area contributed by atoms with Crippen LogP contribution in [-0.4, -0.2) is 27.5 Å². The number of sulfonamides is 1. The van der Waals surface area contributed by atoms with E-state index in [2.05, 4.69) is 10.0 Å². The Labute approximate surface area is 117 Å². The fourth-order valence-electron chi connectivity index (χ4n) is 2.21. The van der Waals surface area contributed by atoms with Crippen molar-refractivity contribution in [1.29, 1.82) is 5.26 Å². The van der Waals surface area contributed by atoms with E-state index >= 15 is 0 Å². The molecule has 2 rings (SSSR count). The largest absolute Gasteiger partial charge is 0.314 e. The molecule has 1 aromatic rings. The van der Waals surface area contributed by atoms with Gasteiger partial charge in [0.25, 0.3) is 0 Å². The fourth-order valence-corrected chi connectivity index (χ4v) is 3.28. The maximum absolute atomic E-state index is 13.2. The number of rotatable bonds is 5. The molecule has 0 saturated carbocycles. The van der Waals surface area contributed by atoms with E-state index in [4.69, 9.17) is 5.26 Å². The van der Waals surface area contributed by atoms with Crippen molar-refractivity contribution >= 4 is 10.0 Å². The van der Waals surface area contributed by atoms with E-state index in [1.807, 2.05) is 0 Å². The quantitative estimate of drug-likeness (QED) is 0.853. The van der Waals surface area contributed by atoms with Crippen molar-refractivity contribution in [2.75, 3.05) is 13.1 Å². The normalized spacial score (nSPS) is 18.9. The summed E-state index contributed by atoms with van der Waals surface area (Å²) in [7, 11) is -3.70. The second kappa shape index (κ2) is 6.31. The van der Waals surface area contributed by atoms with Gasteiger partial charge in [-0.25, -0.2) is 17.5 Å². The van der Waals surface area contributed by atoms with Gasteiger partial charge in [0.15, 0.2) is 0 Å². The molecule has 1 aliphatic heterocycles. The van der Waals surface area contributed by atoms with Crippen LogP contribution in [0.2, 0.25) is 0 Å². The first kappa shape index (κ1) is 14.9. The number of hydrogen-bond donors (Lipinski definition) is 2. The zero-order chi connectivity index (χ0) is 14.6. The molecule has 1 atom stereocenters. The summed E-state index contributed by atoms with van der Waals surface area (Å²) in [6, 6.07) is 5.18. The Morgan fingerprint density at radius 3 is 2.95 bits per heavy atom. The minimum absolute atomic E-state index is 0.0881. The molecule has 1 aromatic carbocycles. The molecule has 0 aliphatic carbocycles. The lowest BCUT2D eigenvalue weighted by Gasteiger charge is -2.11. The molecule has 0 unspecified atom stereocenters. The average Bonchev–Trinajstić information content (AvgIpc) is 2.92. The number of hydrogen-bond acceptors (Lipinski definition) is 4. The Balaban J connectivity index is 2.00. The van der Waals surface area contributed by atoms with Crippen LogP contribution in [0.5, 0.6) is 0 Å². The monoisotopic (exact) mass is 297 g/mol. The highest BCUT2D eigenvalue weighted by molar-refractivity contribution is 7.89. The van der Waals surface area contributed by atoms with Crippen LogP contribution >= 0.6 is 0 Å². The number of nitriles is 1. The Morgan fingerprint density at radius 1 is 1.50 bits per heavy atom. The molecule has 1 saturated heterocycles. The van der Waals surface area contributed by atoms with Crippen molar-refractivity contribution in [2.45, 2.75) is 30.2 Å². The van der Waals surface area contributed by atoms with E-state index in [1.165, 1.54) is 0 Å². The van der Waals surface area contributed by atoms with Gasteiger partial charge in [0.1, 0.15) is 11.9 Å². The van der Waals surface area contributed by atoms with Crippen LogP contribution in [0.1, 0.15) is 24.8 Å². The molecular weight excluding hydrogens is 281 g/mol. The zero-order valence-corrected chi connectivity index (χ0v) is 11.7. The molecule has 1 fully saturated rings. The molecule has 20 heavy (non-hydrogen) atoms. The Kier molecular flexibility index (Phi) is 4.70. The van der Waals surface area contributed by atoms with E-state index < -0.39 is 15.8 Å². The summed E-state index contributed by atoms with van der Waals surface area (Å²) in [6.07, 6.45) is 2.88. The Hall–Kier alpha value is -1.49. The first-order chi connectivity index (χ1) is 9.53. The Bertz CT molecular complexity index is 619. The molecule has 0 radical (unpaired) electrons. The molecule has 0 spiro atoms. The van der Waals surface area contributed by atoms with E-state index in [0.717, 1.165) is 37.6 Å². The van der Waals surface area contributed by atoms with Crippen LogP contribution in [0.3, 0.4) is 0 Å². The molecule has 108 valence electrons. The van der Waals surface area contributed by atoms with E-state index in [0.29, 0.717) is 19.0 Å². The van der Waals surface area contributed by atoms with Crippen LogP contribution < -0.4 is 10.0 Å². The van der Waals surface area contributed by atoms with Crippen LogP contribution in [0, 0.1) is 17.1 Å². The highest BCUT2D eigenvalue weighted by atomic mass is 32.2. The second-order valence-electron chi connectivity index (χ2n) is 4.73. The number of halogens is 1. The van der Waals surface area contributed by atoms with E-state index in [1.54, 1.807) is 6.07 Å². The third kappa shape index (κ3) is 3.54. The van der Waals surface area contributed by atoms with E-state index in [9.17, 15) is 12.8 Å². The van der Waals surface area contributed by atoms with Crippen LogP contribution in [0.15, 0.2) is 23.1 Å². The van der Waals surface area contributed by atoms with Crippen LogP contribution in [-0.2, 0) is 10.0 Å². The van der Waals surface area contributed by atoms with Crippen molar-refractivity contribution in [2.24, 2.45) is 0 Å². The summed E-state index contributed by atoms with van der Waals surface area (Å²) in [5, 5.41) is 12.0. The maximum Gasteiger partial charge on any atom is 0.240 e. The van der Waals surface area contributed by atoms with Crippen LogP contribution in [0.4, 0.5) is 4.39 Å². The van der Waals surface area contributed by atoms with Gasteiger partial charge < -0.3 is 5.32 Å². The smallest absolute Gasteiger partial charge is 0.240 e. The predicted molar refractivity (Wildman–Crippen MR) is 71.9 cm³/mol. The van der Waals surface area contributed by atoms with Crippen molar-refractivity contribution in [3.05, 3.63) is 29.6 Å². The van der Waals surface area contributed by atoms with Gasteiger partial charge in [-0.2, -0.15) is 5.26 Å². The lowest BCUT2D eigenvalue weighted by molar-refractivity contribution is 0.539. The van der Waals surface area contributed by atoms with Gasteiger partial charge in [-0.15, -0.1) is 0 Å². The first-order valence-electron chi connectivity index (χ1n) is 6.45. The molecule has 7 heteroatoms. The topological polar surface area (TPSA) is 82.0 Å². The Morgan fingerprint density at radius 2 is 2.30 bits per heavy atom. The molecule has 0 amide bonds. The average molecular weight is 297 g/mol. The molecule has 1 heterocycles. The summed E-state index contributed by atoms with van der Waals surface area (Å²) in [4.78, 5) is -0.0881. The van der Waals surface area contributed by atoms with Gasteiger partial charge in [-0.05, 0) is 44.0 Å². The van der Waals surface area contributed by atoms with Gasteiger partial charge >= 0.3 is 0 Å². The molecule has 2 N–H and O–H groups in total. The van der Waals surface area contributed by atoms with E-state index in [-0.39, 0.29) is 10.5 Å².